The molecule has 0 bridgehead atoms. The molecule has 0 radical (unpaired) electrons. The number of hydrogen-bond donors (Lipinski definition) is 1. The summed E-state index contributed by atoms with van der Waals surface area (Å²) in [5, 5.41) is 8.44. The van der Waals surface area contributed by atoms with Crippen LogP contribution in [0.1, 0.15) is 11.5 Å². The average molecular weight is 332 g/mol. The summed E-state index contributed by atoms with van der Waals surface area (Å²) in [6.07, 6.45) is 0. The molecule has 6 heteroatoms. The molecule has 0 aliphatic heterocycles. The number of carboxylic acids is 1. The normalized spacial score (nSPS) is 23.3. The summed E-state index contributed by atoms with van der Waals surface area (Å²) < 4.78 is 30.5. The second-order valence-corrected chi connectivity index (χ2v) is 7.59. The van der Waals surface area contributed by atoms with Crippen molar-refractivity contribution < 1.29 is 23.1 Å². The molecule has 0 unspecified atom stereocenters. The lowest BCUT2D eigenvalue weighted by molar-refractivity contribution is -0.138. The topological polar surface area (TPSA) is 80.7 Å². The van der Waals surface area contributed by atoms with Gasteiger partial charge in [-0.3, -0.25) is 4.79 Å². The molecule has 1 fully saturated rings. The van der Waals surface area contributed by atoms with Crippen LogP contribution in [0.2, 0.25) is 0 Å². The maximum Gasteiger partial charge on any atom is 0.308 e. The van der Waals surface area contributed by atoms with E-state index in [9.17, 15) is 18.3 Å². The van der Waals surface area contributed by atoms with Crippen LogP contribution in [0.15, 0.2) is 59.5 Å². The van der Waals surface area contributed by atoms with Gasteiger partial charge in [0.15, 0.2) is 9.84 Å². The highest BCUT2D eigenvalue weighted by atomic mass is 32.2. The van der Waals surface area contributed by atoms with Crippen molar-refractivity contribution in [2.45, 2.75) is 16.1 Å². The lowest BCUT2D eigenvalue weighted by Gasteiger charge is -2.04. The molecule has 120 valence electrons. The number of aliphatic carboxylic acids is 1. The molecule has 2 aromatic carbocycles. The molecule has 1 aliphatic rings. The summed E-state index contributed by atoms with van der Waals surface area (Å²) in [7, 11) is -2.15. The van der Waals surface area contributed by atoms with Gasteiger partial charge in [-0.15, -0.1) is 0 Å². The third-order valence-electron chi connectivity index (χ3n) is 4.17. The molecule has 0 saturated heterocycles. The SMILES string of the molecule is COc1ccc([C@@H]2[C@H](C(=O)O)[C@@H]2S(=O)(=O)c2ccccc2)cc1. The minimum Gasteiger partial charge on any atom is -0.497 e. The van der Waals surface area contributed by atoms with E-state index in [1.165, 1.54) is 19.2 Å². The molecular formula is C17H16O5S. The van der Waals surface area contributed by atoms with Crippen LogP contribution in [0.3, 0.4) is 0 Å². The van der Waals surface area contributed by atoms with Crippen LogP contribution >= 0.6 is 0 Å². The van der Waals surface area contributed by atoms with Gasteiger partial charge < -0.3 is 9.84 Å². The molecule has 0 aromatic heterocycles. The van der Waals surface area contributed by atoms with E-state index >= 15 is 0 Å². The summed E-state index contributed by atoms with van der Waals surface area (Å²) in [6, 6.07) is 14.8. The quantitative estimate of drug-likeness (QED) is 0.909. The van der Waals surface area contributed by atoms with Crippen LogP contribution < -0.4 is 4.74 Å². The molecule has 3 atom stereocenters. The standard InChI is InChI=1S/C17H16O5S/c1-22-12-9-7-11(8-10-12)14-15(17(18)19)16(14)23(20,21)13-5-3-2-4-6-13/h2-10,14-16H,1H3,(H,18,19)/t14-,15+,16-/m1/s1. The monoisotopic (exact) mass is 332 g/mol. The van der Waals surface area contributed by atoms with Gasteiger partial charge in [-0.1, -0.05) is 30.3 Å². The third kappa shape index (κ3) is 2.70. The van der Waals surface area contributed by atoms with Crippen LogP contribution in [0.4, 0.5) is 0 Å². The molecule has 1 aliphatic carbocycles. The first-order chi connectivity index (χ1) is 11.0. The fourth-order valence-electron chi connectivity index (χ4n) is 2.95. The maximum absolute atomic E-state index is 12.7. The minimum atomic E-state index is -3.69. The molecule has 23 heavy (non-hydrogen) atoms. The van der Waals surface area contributed by atoms with E-state index < -0.39 is 32.9 Å². The van der Waals surface area contributed by atoms with E-state index in [0.717, 1.165) is 0 Å². The van der Waals surface area contributed by atoms with Crippen molar-refractivity contribution in [3.05, 3.63) is 60.2 Å². The predicted octanol–water partition coefficient (Wildman–Crippen LogP) is 2.34. The van der Waals surface area contributed by atoms with Crippen LogP contribution in [-0.4, -0.2) is 31.9 Å². The van der Waals surface area contributed by atoms with E-state index in [4.69, 9.17) is 4.74 Å². The zero-order valence-corrected chi connectivity index (χ0v) is 13.2. The Bertz CT molecular complexity index is 812. The lowest BCUT2D eigenvalue weighted by atomic mass is 10.1. The number of carbonyl (C=O) groups is 1. The van der Waals surface area contributed by atoms with Gasteiger partial charge in [-0.05, 0) is 29.8 Å². The summed E-state index contributed by atoms with van der Waals surface area (Å²) in [5.74, 6) is -1.91. The Balaban J connectivity index is 1.96. The number of ether oxygens (including phenoxy) is 1. The lowest BCUT2D eigenvalue weighted by Crippen LogP contribution is -2.13. The third-order valence-corrected chi connectivity index (χ3v) is 6.40. The van der Waals surface area contributed by atoms with E-state index in [1.54, 1.807) is 42.5 Å². The van der Waals surface area contributed by atoms with Gasteiger partial charge in [0.2, 0.25) is 0 Å². The largest absolute Gasteiger partial charge is 0.497 e. The summed E-state index contributed by atoms with van der Waals surface area (Å²) in [6.45, 7) is 0. The molecule has 5 nitrogen and oxygen atoms in total. The number of carboxylic acid groups (broad SMARTS) is 1. The Morgan fingerprint density at radius 2 is 1.65 bits per heavy atom. The Morgan fingerprint density at radius 1 is 1.04 bits per heavy atom. The first-order valence-electron chi connectivity index (χ1n) is 7.12. The first kappa shape index (κ1) is 15.6. The Hall–Kier alpha value is -2.34. The fraction of sp³-hybridized carbons (Fsp3) is 0.235. The highest BCUT2D eigenvalue weighted by molar-refractivity contribution is 7.92. The van der Waals surface area contributed by atoms with E-state index in [2.05, 4.69) is 0 Å². The molecule has 3 rings (SSSR count). The van der Waals surface area contributed by atoms with Gasteiger partial charge in [0.05, 0.1) is 23.2 Å². The number of hydrogen-bond acceptors (Lipinski definition) is 4. The Labute approximate surface area is 134 Å². The smallest absolute Gasteiger partial charge is 0.308 e. The summed E-state index contributed by atoms with van der Waals surface area (Å²) in [5.41, 5.74) is 0.697. The van der Waals surface area contributed by atoms with Gasteiger partial charge in [0.1, 0.15) is 5.75 Å². The van der Waals surface area contributed by atoms with E-state index in [1.807, 2.05) is 0 Å². The Kier molecular flexibility index (Phi) is 3.85. The van der Waals surface area contributed by atoms with Crippen molar-refractivity contribution >= 4 is 15.8 Å². The zero-order valence-electron chi connectivity index (χ0n) is 12.4. The molecule has 0 spiro atoms. The number of methoxy groups -OCH3 is 1. The van der Waals surface area contributed by atoms with Gasteiger partial charge in [0.25, 0.3) is 0 Å². The highest BCUT2D eigenvalue weighted by Crippen LogP contribution is 2.54. The van der Waals surface area contributed by atoms with Crippen molar-refractivity contribution in [1.82, 2.24) is 0 Å². The number of benzene rings is 2. The second-order valence-electron chi connectivity index (χ2n) is 5.49. The van der Waals surface area contributed by atoms with Crippen molar-refractivity contribution in [3.8, 4) is 5.75 Å². The molecule has 2 aromatic rings. The summed E-state index contributed by atoms with van der Waals surface area (Å²) in [4.78, 5) is 11.6. The van der Waals surface area contributed by atoms with Crippen molar-refractivity contribution in [1.29, 1.82) is 0 Å². The van der Waals surface area contributed by atoms with E-state index in [-0.39, 0.29) is 4.90 Å². The second kappa shape index (κ2) is 5.70. The van der Waals surface area contributed by atoms with Crippen molar-refractivity contribution in [2.24, 2.45) is 5.92 Å². The van der Waals surface area contributed by atoms with Gasteiger partial charge in [-0.2, -0.15) is 0 Å². The Morgan fingerprint density at radius 3 is 2.17 bits per heavy atom. The van der Waals surface area contributed by atoms with Crippen LogP contribution in [0.5, 0.6) is 5.75 Å². The summed E-state index contributed by atoms with van der Waals surface area (Å²) >= 11 is 0. The van der Waals surface area contributed by atoms with Gasteiger partial charge in [-0.25, -0.2) is 8.42 Å². The van der Waals surface area contributed by atoms with Crippen molar-refractivity contribution in [2.75, 3.05) is 7.11 Å². The molecule has 1 saturated carbocycles. The minimum absolute atomic E-state index is 0.160. The molecular weight excluding hydrogens is 316 g/mol. The predicted molar refractivity (Wildman–Crippen MR) is 84.3 cm³/mol. The average Bonchev–Trinajstić information content (AvgIpc) is 3.32. The van der Waals surface area contributed by atoms with Crippen LogP contribution in [0.25, 0.3) is 0 Å². The van der Waals surface area contributed by atoms with Gasteiger partial charge in [0, 0.05) is 5.92 Å². The maximum atomic E-state index is 12.7. The highest BCUT2D eigenvalue weighted by Gasteiger charge is 2.63. The van der Waals surface area contributed by atoms with Gasteiger partial charge >= 0.3 is 5.97 Å². The fourth-order valence-corrected chi connectivity index (χ4v) is 5.10. The number of sulfone groups is 1. The van der Waals surface area contributed by atoms with Crippen LogP contribution in [0, 0.1) is 5.92 Å². The first-order valence-corrected chi connectivity index (χ1v) is 8.67. The zero-order chi connectivity index (χ0) is 16.6. The van der Waals surface area contributed by atoms with Crippen molar-refractivity contribution in [3.63, 3.8) is 0 Å². The molecule has 0 amide bonds. The molecule has 0 heterocycles. The number of rotatable bonds is 5. The van der Waals surface area contributed by atoms with Crippen LogP contribution in [-0.2, 0) is 14.6 Å². The molecule has 1 N–H and O–H groups in total. The van der Waals surface area contributed by atoms with E-state index in [0.29, 0.717) is 11.3 Å².